The van der Waals surface area contributed by atoms with Crippen molar-refractivity contribution in [2.24, 2.45) is 0 Å². The number of aliphatic hydroxyl groups excluding tert-OH is 1. The smallest absolute Gasteiger partial charge is 0.410 e. The number of hydrogen-bond donors (Lipinski definition) is 1. The van der Waals surface area contributed by atoms with Crippen LogP contribution in [0.25, 0.3) is 0 Å². The Hall–Kier alpha value is -2.48. The highest BCUT2D eigenvalue weighted by Gasteiger charge is 2.47. The number of amides is 2. The summed E-state index contributed by atoms with van der Waals surface area (Å²) < 4.78 is 16.5. The number of benzene rings is 1. The normalized spacial score (nSPS) is 25.7. The van der Waals surface area contributed by atoms with Crippen molar-refractivity contribution in [1.29, 1.82) is 0 Å². The van der Waals surface area contributed by atoms with E-state index in [1.807, 2.05) is 39.0 Å². The van der Waals surface area contributed by atoms with E-state index < -0.39 is 17.7 Å². The fourth-order valence-corrected chi connectivity index (χ4v) is 4.60. The molecule has 1 N–H and O–H groups in total. The van der Waals surface area contributed by atoms with Gasteiger partial charge in [0.2, 0.25) is 12.7 Å². The Morgan fingerprint density at radius 2 is 1.90 bits per heavy atom. The summed E-state index contributed by atoms with van der Waals surface area (Å²) in [6, 6.07) is 4.81. The molecule has 2 saturated heterocycles. The van der Waals surface area contributed by atoms with E-state index in [4.69, 9.17) is 14.2 Å². The highest BCUT2D eigenvalue weighted by atomic mass is 16.7. The van der Waals surface area contributed by atoms with Crippen molar-refractivity contribution in [3.8, 4) is 11.5 Å². The van der Waals surface area contributed by atoms with Gasteiger partial charge in [-0.3, -0.25) is 9.69 Å². The van der Waals surface area contributed by atoms with Crippen molar-refractivity contribution in [3.63, 3.8) is 0 Å². The lowest BCUT2D eigenvalue weighted by molar-refractivity contribution is -0.138. The highest BCUT2D eigenvalue weighted by Crippen LogP contribution is 2.41. The molecule has 8 heteroatoms. The third-order valence-corrected chi connectivity index (χ3v) is 5.97. The van der Waals surface area contributed by atoms with E-state index in [2.05, 4.69) is 0 Å². The molecule has 164 valence electrons. The minimum absolute atomic E-state index is 0.0699. The first-order valence-electron chi connectivity index (χ1n) is 10.6. The van der Waals surface area contributed by atoms with Gasteiger partial charge in [-0.05, 0) is 57.7 Å². The average molecular weight is 418 g/mol. The first kappa shape index (κ1) is 20.8. The third-order valence-electron chi connectivity index (χ3n) is 5.97. The lowest BCUT2D eigenvalue weighted by Gasteiger charge is -2.34. The van der Waals surface area contributed by atoms with Gasteiger partial charge in [0.25, 0.3) is 0 Å². The number of hydrogen-bond acceptors (Lipinski definition) is 6. The summed E-state index contributed by atoms with van der Waals surface area (Å²) in [7, 11) is 0. The van der Waals surface area contributed by atoms with E-state index in [9.17, 15) is 14.7 Å². The molecule has 0 saturated carbocycles. The molecule has 0 unspecified atom stereocenters. The molecule has 0 spiro atoms. The van der Waals surface area contributed by atoms with Gasteiger partial charge in [0.15, 0.2) is 11.5 Å². The van der Waals surface area contributed by atoms with Gasteiger partial charge in [0.05, 0.1) is 12.6 Å². The second kappa shape index (κ2) is 7.98. The minimum Gasteiger partial charge on any atom is -0.454 e. The molecule has 2 amide bonds. The number of likely N-dealkylation sites (tertiary alicyclic amines) is 2. The van der Waals surface area contributed by atoms with Crippen LogP contribution in [0.15, 0.2) is 18.2 Å². The standard InChI is InChI=1S/C22H30N2O6/c1-22(2,3)30-21(27)24-10-8-16(14-6-7-17-18(11-14)29-13-28-17)19(24)20(26)23-9-4-5-15(23)12-25/h6-7,11,15-16,19,25H,4-5,8-10,12-13H2,1-3H3/t15-,16+,19+/m0/s1. The van der Waals surface area contributed by atoms with Gasteiger partial charge in [-0.2, -0.15) is 0 Å². The van der Waals surface area contributed by atoms with E-state index in [1.165, 1.54) is 0 Å². The maximum Gasteiger partial charge on any atom is 0.410 e. The van der Waals surface area contributed by atoms with Gasteiger partial charge in [-0.25, -0.2) is 4.79 Å². The summed E-state index contributed by atoms with van der Waals surface area (Å²) in [4.78, 5) is 29.8. The number of aliphatic hydroxyl groups is 1. The predicted molar refractivity (Wildman–Crippen MR) is 108 cm³/mol. The number of fused-ring (bicyclic) bond motifs is 1. The Morgan fingerprint density at radius 3 is 2.63 bits per heavy atom. The molecule has 2 fully saturated rings. The van der Waals surface area contributed by atoms with E-state index in [-0.39, 0.29) is 31.3 Å². The molecule has 30 heavy (non-hydrogen) atoms. The largest absolute Gasteiger partial charge is 0.454 e. The monoisotopic (exact) mass is 418 g/mol. The molecular formula is C22H30N2O6. The quantitative estimate of drug-likeness (QED) is 0.811. The molecule has 8 nitrogen and oxygen atoms in total. The summed E-state index contributed by atoms with van der Waals surface area (Å²) in [5, 5.41) is 9.72. The van der Waals surface area contributed by atoms with Crippen LogP contribution in [-0.4, -0.2) is 71.1 Å². The van der Waals surface area contributed by atoms with Gasteiger partial charge in [-0.1, -0.05) is 6.07 Å². The zero-order chi connectivity index (χ0) is 21.5. The van der Waals surface area contributed by atoms with Crippen molar-refractivity contribution in [2.75, 3.05) is 26.5 Å². The van der Waals surface area contributed by atoms with Crippen LogP contribution in [0.3, 0.4) is 0 Å². The number of nitrogens with zero attached hydrogens (tertiary/aromatic N) is 2. The zero-order valence-electron chi connectivity index (χ0n) is 17.8. The van der Waals surface area contributed by atoms with Crippen molar-refractivity contribution in [3.05, 3.63) is 23.8 Å². The number of rotatable bonds is 3. The van der Waals surface area contributed by atoms with Crippen LogP contribution < -0.4 is 9.47 Å². The van der Waals surface area contributed by atoms with Gasteiger partial charge >= 0.3 is 6.09 Å². The maximum absolute atomic E-state index is 13.6. The van der Waals surface area contributed by atoms with Crippen LogP contribution in [0, 0.1) is 0 Å². The van der Waals surface area contributed by atoms with Gasteiger partial charge in [0.1, 0.15) is 11.6 Å². The molecule has 1 aromatic rings. The van der Waals surface area contributed by atoms with E-state index in [1.54, 1.807) is 9.80 Å². The Bertz CT molecular complexity index is 820. The zero-order valence-corrected chi connectivity index (χ0v) is 17.8. The molecule has 3 aliphatic rings. The second-order valence-corrected chi connectivity index (χ2v) is 9.14. The molecule has 0 aromatic heterocycles. The highest BCUT2D eigenvalue weighted by molar-refractivity contribution is 5.88. The number of carbonyl (C=O) groups is 2. The molecule has 0 bridgehead atoms. The first-order valence-corrected chi connectivity index (χ1v) is 10.6. The molecule has 3 atom stereocenters. The third kappa shape index (κ3) is 3.93. The van der Waals surface area contributed by atoms with Crippen molar-refractivity contribution in [1.82, 2.24) is 9.80 Å². The van der Waals surface area contributed by atoms with E-state index in [0.717, 1.165) is 18.4 Å². The van der Waals surface area contributed by atoms with Crippen LogP contribution in [0.1, 0.15) is 51.5 Å². The molecular weight excluding hydrogens is 388 g/mol. The molecule has 4 rings (SSSR count). The maximum atomic E-state index is 13.6. The Balaban J connectivity index is 1.65. The van der Waals surface area contributed by atoms with Crippen molar-refractivity contribution < 1.29 is 28.9 Å². The van der Waals surface area contributed by atoms with Crippen molar-refractivity contribution >= 4 is 12.0 Å². The first-order chi connectivity index (χ1) is 14.3. The topological polar surface area (TPSA) is 88.5 Å². The SMILES string of the molecule is CC(C)(C)OC(=O)N1CC[C@H](c2ccc3c(c2)OCO3)[C@@H]1C(=O)N1CCC[C@H]1CO. The van der Waals surface area contributed by atoms with Crippen molar-refractivity contribution in [2.45, 2.75) is 63.6 Å². The molecule has 1 aromatic carbocycles. The van der Waals surface area contributed by atoms with Gasteiger partial charge in [0, 0.05) is 19.0 Å². The summed E-state index contributed by atoms with van der Waals surface area (Å²) in [6.07, 6.45) is 1.79. The molecule has 0 aliphatic carbocycles. The molecule has 3 heterocycles. The summed E-state index contributed by atoms with van der Waals surface area (Å²) in [5.74, 6) is 1.03. The van der Waals surface area contributed by atoms with Crippen LogP contribution in [0.2, 0.25) is 0 Å². The number of carbonyl (C=O) groups excluding carboxylic acids is 2. The Morgan fingerprint density at radius 1 is 1.13 bits per heavy atom. The van der Waals surface area contributed by atoms with E-state index >= 15 is 0 Å². The van der Waals surface area contributed by atoms with Gasteiger partial charge < -0.3 is 24.2 Å². The fourth-order valence-electron chi connectivity index (χ4n) is 4.60. The lowest BCUT2D eigenvalue weighted by Crippen LogP contribution is -2.52. The second-order valence-electron chi connectivity index (χ2n) is 9.14. The average Bonchev–Trinajstić information content (AvgIpc) is 3.43. The summed E-state index contributed by atoms with van der Waals surface area (Å²) in [5.41, 5.74) is 0.284. The minimum atomic E-state index is -0.674. The number of ether oxygens (including phenoxy) is 3. The molecule has 3 aliphatic heterocycles. The van der Waals surface area contributed by atoms with E-state index in [0.29, 0.717) is 31.0 Å². The van der Waals surface area contributed by atoms with Crippen LogP contribution in [-0.2, 0) is 9.53 Å². The summed E-state index contributed by atoms with van der Waals surface area (Å²) in [6.45, 7) is 6.58. The fraction of sp³-hybridized carbons (Fsp3) is 0.636. The molecule has 0 radical (unpaired) electrons. The predicted octanol–water partition coefficient (Wildman–Crippen LogP) is 2.49. The lowest BCUT2D eigenvalue weighted by atomic mass is 9.90. The van der Waals surface area contributed by atoms with Crippen LogP contribution in [0.4, 0.5) is 4.79 Å². The Kier molecular flexibility index (Phi) is 5.53. The van der Waals surface area contributed by atoms with Crippen LogP contribution in [0.5, 0.6) is 11.5 Å². The Labute approximate surface area is 176 Å². The van der Waals surface area contributed by atoms with Crippen LogP contribution >= 0.6 is 0 Å². The van der Waals surface area contributed by atoms with Gasteiger partial charge in [-0.15, -0.1) is 0 Å². The summed E-state index contributed by atoms with van der Waals surface area (Å²) >= 11 is 0.